The van der Waals surface area contributed by atoms with Gasteiger partial charge < -0.3 is 33.6 Å². The number of phenols is 1. The molecule has 2 rings (SSSR count). The minimum atomic E-state index is 0. The second-order valence-corrected chi connectivity index (χ2v) is 8.01. The Morgan fingerprint density at radius 3 is 2.04 bits per heavy atom. The molecule has 0 aliphatic rings. The van der Waals surface area contributed by atoms with Gasteiger partial charge in [-0.2, -0.15) is 0 Å². The zero-order chi connectivity index (χ0) is 18.6. The van der Waals surface area contributed by atoms with Crippen molar-refractivity contribution in [1.82, 2.24) is 0 Å². The lowest BCUT2D eigenvalue weighted by molar-refractivity contribution is -0.977. The number of nitrogens with zero attached hydrogens (tertiary/aromatic N) is 1. The molecule has 1 N–H and O–H groups in total. The average Bonchev–Trinajstić information content (AvgIpc) is 2.58. The van der Waals surface area contributed by atoms with E-state index in [0.717, 1.165) is 22.9 Å². The van der Waals surface area contributed by atoms with Crippen molar-refractivity contribution < 1.29 is 33.6 Å². The summed E-state index contributed by atoms with van der Waals surface area (Å²) in [5.41, 5.74) is 3.65. The third-order valence-electron chi connectivity index (χ3n) is 6.00. The topological polar surface area (TPSA) is 20.2 Å². The molecule has 0 saturated carbocycles. The molecular weight excluding hydrogens is 433 g/mol. The van der Waals surface area contributed by atoms with Crippen LogP contribution >= 0.6 is 0 Å². The maximum absolute atomic E-state index is 10.2. The van der Waals surface area contributed by atoms with Crippen molar-refractivity contribution in [3.05, 3.63) is 65.2 Å². The first-order chi connectivity index (χ1) is 11.8. The van der Waals surface area contributed by atoms with Gasteiger partial charge in [0.25, 0.3) is 0 Å². The highest BCUT2D eigenvalue weighted by Gasteiger charge is 2.39. The van der Waals surface area contributed by atoms with E-state index >= 15 is 0 Å². The van der Waals surface area contributed by atoms with Crippen LogP contribution in [0.3, 0.4) is 0 Å². The number of aromatic hydroxyl groups is 1. The van der Waals surface area contributed by atoms with Gasteiger partial charge in [-0.05, 0) is 52.7 Å². The molecule has 0 fully saturated rings. The van der Waals surface area contributed by atoms with E-state index < -0.39 is 0 Å². The summed E-state index contributed by atoms with van der Waals surface area (Å²) in [6.07, 6.45) is 1.91. The predicted octanol–water partition coefficient (Wildman–Crippen LogP) is 2.64. The van der Waals surface area contributed by atoms with Crippen molar-refractivity contribution in [3.63, 3.8) is 0 Å². The zero-order valence-electron chi connectivity index (χ0n) is 17.0. The molecule has 1 atom stereocenters. The van der Waals surface area contributed by atoms with E-state index in [1.54, 1.807) is 0 Å². The van der Waals surface area contributed by atoms with Gasteiger partial charge in [0.2, 0.25) is 0 Å². The summed E-state index contributed by atoms with van der Waals surface area (Å²) in [6.45, 7) is 11.4. The number of hydrogen-bond donors (Lipinski definition) is 1. The van der Waals surface area contributed by atoms with Crippen molar-refractivity contribution in [2.24, 2.45) is 0 Å². The highest BCUT2D eigenvalue weighted by atomic mass is 127. The Morgan fingerprint density at radius 2 is 1.50 bits per heavy atom. The van der Waals surface area contributed by atoms with Gasteiger partial charge in [-0.3, -0.25) is 0 Å². The second kappa shape index (κ2) is 9.75. The normalized spacial score (nSPS) is 12.9. The van der Waals surface area contributed by atoms with E-state index in [2.05, 4.69) is 78.1 Å². The van der Waals surface area contributed by atoms with E-state index in [4.69, 9.17) is 0 Å². The lowest BCUT2D eigenvalue weighted by Crippen LogP contribution is -3.00. The molecule has 0 aliphatic heterocycles. The van der Waals surface area contributed by atoms with E-state index in [0.29, 0.717) is 23.9 Å². The molecular formula is C23H34INO. The van der Waals surface area contributed by atoms with E-state index in [1.807, 2.05) is 12.1 Å². The maximum atomic E-state index is 10.2. The smallest absolute Gasteiger partial charge is 0.118 e. The van der Waals surface area contributed by atoms with E-state index in [9.17, 15) is 5.11 Å². The second-order valence-electron chi connectivity index (χ2n) is 8.01. The van der Waals surface area contributed by atoms with Crippen molar-refractivity contribution in [2.45, 2.75) is 65.6 Å². The Bertz CT molecular complexity index is 674. The Morgan fingerprint density at radius 1 is 0.923 bits per heavy atom. The number of benzene rings is 2. The summed E-state index contributed by atoms with van der Waals surface area (Å²) in [6, 6.07) is 18.2. The van der Waals surface area contributed by atoms with Crippen LogP contribution in [0.25, 0.3) is 0 Å². The molecule has 0 aliphatic carbocycles. The fourth-order valence-corrected chi connectivity index (χ4v) is 3.96. The molecule has 2 aromatic rings. The molecule has 0 bridgehead atoms. The maximum Gasteiger partial charge on any atom is 0.118 e. The standard InChI is InChI=1S/C23H33NO.HI/c1-17(2)24(6,18(3)4)22(20-10-8-7-9-11-20)14-13-21-16-19(5)12-15-23(21)25;/h7-12,15-18,22H,13-14H2,1-6H3;1H. The van der Waals surface area contributed by atoms with Crippen LogP contribution in [0.4, 0.5) is 0 Å². The van der Waals surface area contributed by atoms with Crippen LogP contribution in [-0.4, -0.2) is 28.7 Å². The summed E-state index contributed by atoms with van der Waals surface area (Å²) in [5.74, 6) is 0.417. The van der Waals surface area contributed by atoms with Crippen LogP contribution < -0.4 is 24.0 Å². The molecule has 0 aromatic heterocycles. The quantitative estimate of drug-likeness (QED) is 0.491. The fourth-order valence-electron chi connectivity index (χ4n) is 3.96. The van der Waals surface area contributed by atoms with Gasteiger partial charge in [0.15, 0.2) is 0 Å². The van der Waals surface area contributed by atoms with Crippen LogP contribution in [0, 0.1) is 6.92 Å². The van der Waals surface area contributed by atoms with Gasteiger partial charge in [0.1, 0.15) is 11.8 Å². The van der Waals surface area contributed by atoms with Crippen molar-refractivity contribution in [2.75, 3.05) is 7.05 Å². The van der Waals surface area contributed by atoms with Gasteiger partial charge in [-0.1, -0.05) is 48.0 Å². The average molecular weight is 467 g/mol. The van der Waals surface area contributed by atoms with Crippen LogP contribution in [0.1, 0.15) is 56.8 Å². The zero-order valence-corrected chi connectivity index (χ0v) is 19.2. The highest BCUT2D eigenvalue weighted by Crippen LogP contribution is 2.37. The first-order valence-corrected chi connectivity index (χ1v) is 9.45. The number of aryl methyl sites for hydroxylation is 2. The minimum Gasteiger partial charge on any atom is -1.00 e. The molecule has 26 heavy (non-hydrogen) atoms. The molecule has 0 spiro atoms. The molecule has 0 heterocycles. The Kier molecular flexibility index (Phi) is 8.61. The van der Waals surface area contributed by atoms with Crippen LogP contribution in [0.5, 0.6) is 5.75 Å². The number of quaternary nitrogens is 1. The number of halogens is 1. The molecule has 3 heteroatoms. The Hall–Kier alpha value is -1.07. The van der Waals surface area contributed by atoms with Gasteiger partial charge >= 0.3 is 0 Å². The van der Waals surface area contributed by atoms with Crippen molar-refractivity contribution in [3.8, 4) is 5.75 Å². The van der Waals surface area contributed by atoms with Crippen LogP contribution in [-0.2, 0) is 6.42 Å². The van der Waals surface area contributed by atoms with Crippen LogP contribution in [0.15, 0.2) is 48.5 Å². The first kappa shape index (κ1) is 23.0. The lowest BCUT2D eigenvalue weighted by atomic mass is 9.92. The third kappa shape index (κ3) is 5.01. The number of phenolic OH excluding ortho intramolecular Hbond substituents is 1. The molecule has 2 nitrogen and oxygen atoms in total. The number of rotatable bonds is 7. The first-order valence-electron chi connectivity index (χ1n) is 9.45. The Labute approximate surface area is 176 Å². The van der Waals surface area contributed by atoms with Gasteiger partial charge in [-0.25, -0.2) is 0 Å². The van der Waals surface area contributed by atoms with Gasteiger partial charge in [-0.15, -0.1) is 0 Å². The summed E-state index contributed by atoms with van der Waals surface area (Å²) in [4.78, 5) is 0. The van der Waals surface area contributed by atoms with Crippen molar-refractivity contribution >= 4 is 0 Å². The molecule has 0 amide bonds. The molecule has 2 aromatic carbocycles. The Balaban J connectivity index is 0.00000338. The summed E-state index contributed by atoms with van der Waals surface area (Å²) in [5, 5.41) is 10.2. The lowest BCUT2D eigenvalue weighted by Gasteiger charge is -2.48. The summed E-state index contributed by atoms with van der Waals surface area (Å²) in [7, 11) is 2.38. The molecule has 144 valence electrons. The minimum absolute atomic E-state index is 0. The van der Waals surface area contributed by atoms with E-state index in [-0.39, 0.29) is 24.0 Å². The summed E-state index contributed by atoms with van der Waals surface area (Å²) < 4.78 is 0.997. The van der Waals surface area contributed by atoms with Gasteiger partial charge in [0.05, 0.1) is 19.1 Å². The molecule has 0 saturated heterocycles. The van der Waals surface area contributed by atoms with Crippen LogP contribution in [0.2, 0.25) is 0 Å². The molecule has 0 radical (unpaired) electrons. The predicted molar refractivity (Wildman–Crippen MR) is 107 cm³/mol. The molecule has 1 unspecified atom stereocenters. The number of hydrogen-bond acceptors (Lipinski definition) is 1. The monoisotopic (exact) mass is 467 g/mol. The van der Waals surface area contributed by atoms with Crippen molar-refractivity contribution in [1.29, 1.82) is 0 Å². The highest BCUT2D eigenvalue weighted by molar-refractivity contribution is 5.36. The largest absolute Gasteiger partial charge is 1.00 e. The third-order valence-corrected chi connectivity index (χ3v) is 6.00. The summed E-state index contributed by atoms with van der Waals surface area (Å²) >= 11 is 0. The SMILES string of the molecule is Cc1ccc(O)c(CCC(c2ccccc2)[N+](C)(C(C)C)C(C)C)c1.[I-]. The van der Waals surface area contributed by atoms with Gasteiger partial charge in [0, 0.05) is 12.0 Å². The van der Waals surface area contributed by atoms with E-state index in [1.165, 1.54) is 11.1 Å². The fraction of sp³-hybridized carbons (Fsp3) is 0.478.